The molecule has 0 bridgehead atoms. The summed E-state index contributed by atoms with van der Waals surface area (Å²) in [6, 6.07) is 28.6. The van der Waals surface area contributed by atoms with Gasteiger partial charge in [-0.3, -0.25) is 13.8 Å². The van der Waals surface area contributed by atoms with E-state index >= 15 is 0 Å². The van der Waals surface area contributed by atoms with Crippen molar-refractivity contribution in [2.45, 2.75) is 36.6 Å². The topological polar surface area (TPSA) is 170 Å². The van der Waals surface area contributed by atoms with Crippen molar-refractivity contribution >= 4 is 51.4 Å². The van der Waals surface area contributed by atoms with Gasteiger partial charge in [0, 0.05) is 42.2 Å². The second kappa shape index (κ2) is 18.9. The predicted octanol–water partition coefficient (Wildman–Crippen LogP) is 4.83. The molecule has 1 unspecified atom stereocenters. The van der Waals surface area contributed by atoms with Crippen LogP contribution in [0.3, 0.4) is 0 Å². The summed E-state index contributed by atoms with van der Waals surface area (Å²) in [6.45, 7) is 4.78. The number of amides is 4. The Balaban J connectivity index is 0.000000469. The number of halogens is 1. The van der Waals surface area contributed by atoms with Gasteiger partial charge in [0.2, 0.25) is 11.8 Å². The van der Waals surface area contributed by atoms with E-state index in [4.69, 9.17) is 11.6 Å². The van der Waals surface area contributed by atoms with Crippen LogP contribution in [0.1, 0.15) is 16.7 Å². The summed E-state index contributed by atoms with van der Waals surface area (Å²) in [5.74, 6) is -0.439. The lowest BCUT2D eigenvalue weighted by Crippen LogP contribution is -2.69. The maximum absolute atomic E-state index is 14.2. The lowest BCUT2D eigenvalue weighted by Gasteiger charge is -2.46. The molecule has 14 heteroatoms. The number of phenolic OH excluding ortho intramolecular Hbond substituents is 1. The molecule has 1 aliphatic rings. The van der Waals surface area contributed by atoms with E-state index in [1.807, 2.05) is 60.8 Å². The lowest BCUT2D eigenvalue weighted by atomic mass is 9.98. The molecule has 4 amide bonds. The molecule has 6 rings (SSSR count). The Labute approximate surface area is 315 Å². The number of rotatable bonds is 12. The van der Waals surface area contributed by atoms with Crippen LogP contribution in [0.4, 0.5) is 4.79 Å². The van der Waals surface area contributed by atoms with Gasteiger partial charge in [0.15, 0.2) is 0 Å². The molecule has 1 aliphatic heterocycles. The van der Waals surface area contributed by atoms with Gasteiger partial charge in [0.05, 0.1) is 18.6 Å². The highest BCUT2D eigenvalue weighted by molar-refractivity contribution is 7.79. The van der Waals surface area contributed by atoms with E-state index in [0.29, 0.717) is 24.7 Å². The highest BCUT2D eigenvalue weighted by Crippen LogP contribution is 2.25. The highest BCUT2D eigenvalue weighted by atomic mass is 35.5. The van der Waals surface area contributed by atoms with Crippen molar-refractivity contribution in [2.24, 2.45) is 0 Å². The van der Waals surface area contributed by atoms with E-state index < -0.39 is 29.3 Å². The third-order valence-corrected chi connectivity index (χ3v) is 9.42. The third-order valence-electron chi connectivity index (χ3n) is 8.51. The summed E-state index contributed by atoms with van der Waals surface area (Å²) in [4.78, 5) is 47.7. The Morgan fingerprint density at radius 2 is 1.72 bits per heavy atom. The number of aromatic hydroxyl groups is 1. The minimum Gasteiger partial charge on any atom is -0.768 e. The maximum atomic E-state index is 14.2. The van der Waals surface area contributed by atoms with Crippen molar-refractivity contribution in [3.05, 3.63) is 144 Å². The van der Waals surface area contributed by atoms with E-state index in [9.17, 15) is 28.3 Å². The monoisotopic (exact) mass is 755 g/mol. The fraction of sp³-hybridized carbons (Fsp3) is 0.205. The van der Waals surface area contributed by atoms with Crippen molar-refractivity contribution in [2.75, 3.05) is 19.6 Å². The summed E-state index contributed by atoms with van der Waals surface area (Å²) in [7, 11) is 0. The molecule has 2 heterocycles. The van der Waals surface area contributed by atoms with E-state index in [-0.39, 0.29) is 42.0 Å². The molecular formula is C39H40ClN6O6S-. The van der Waals surface area contributed by atoms with Gasteiger partial charge in [0.1, 0.15) is 18.0 Å². The minimum atomic E-state index is -2.15. The molecule has 0 radical (unpaired) electrons. The van der Waals surface area contributed by atoms with Gasteiger partial charge in [0.25, 0.3) is 0 Å². The fourth-order valence-corrected chi connectivity index (χ4v) is 6.45. The Bertz CT molecular complexity index is 2030. The van der Waals surface area contributed by atoms with Crippen LogP contribution in [-0.2, 0) is 40.2 Å². The van der Waals surface area contributed by atoms with Crippen LogP contribution in [0.2, 0.25) is 5.02 Å². The van der Waals surface area contributed by atoms with Crippen LogP contribution in [0.25, 0.3) is 10.9 Å². The zero-order valence-electron chi connectivity index (χ0n) is 28.7. The largest absolute Gasteiger partial charge is 0.768 e. The van der Waals surface area contributed by atoms with Crippen molar-refractivity contribution in [1.29, 1.82) is 0 Å². The van der Waals surface area contributed by atoms with Crippen LogP contribution >= 0.6 is 11.6 Å². The van der Waals surface area contributed by atoms with Crippen LogP contribution in [0.15, 0.2) is 127 Å². The molecule has 12 nitrogen and oxygen atoms in total. The quantitative estimate of drug-likeness (QED) is 0.0690. The molecular weight excluding hydrogens is 716 g/mol. The molecule has 0 aliphatic carbocycles. The average Bonchev–Trinajstić information content (AvgIpc) is 3.65. The number of urea groups is 1. The van der Waals surface area contributed by atoms with Gasteiger partial charge in [-0.1, -0.05) is 78.3 Å². The van der Waals surface area contributed by atoms with E-state index in [1.54, 1.807) is 35.2 Å². The van der Waals surface area contributed by atoms with E-state index in [2.05, 4.69) is 27.5 Å². The number of H-pyrrole nitrogens is 1. The van der Waals surface area contributed by atoms with E-state index in [0.717, 1.165) is 27.6 Å². The molecule has 1 aromatic heterocycles. The zero-order valence-corrected chi connectivity index (χ0v) is 30.3. The molecule has 5 aromatic rings. The number of carbonyl (C=O) groups excluding carboxylic acids is 3. The Kier molecular flexibility index (Phi) is 13.8. The first kappa shape index (κ1) is 38.8. The first-order valence-corrected chi connectivity index (χ1v) is 18.3. The van der Waals surface area contributed by atoms with Crippen LogP contribution < -0.4 is 16.0 Å². The summed E-state index contributed by atoms with van der Waals surface area (Å²) in [6.07, 6.45) is 2.92. The molecule has 53 heavy (non-hydrogen) atoms. The van der Waals surface area contributed by atoms with Crippen molar-refractivity contribution in [1.82, 2.24) is 30.7 Å². The van der Waals surface area contributed by atoms with Crippen LogP contribution in [-0.4, -0.2) is 78.3 Å². The second-order valence-electron chi connectivity index (χ2n) is 12.2. The van der Waals surface area contributed by atoms with Crippen LogP contribution in [0.5, 0.6) is 5.75 Å². The van der Waals surface area contributed by atoms with Crippen molar-refractivity contribution in [3.8, 4) is 5.75 Å². The number of aromatic nitrogens is 1. The highest BCUT2D eigenvalue weighted by Gasteiger charge is 2.43. The Morgan fingerprint density at radius 1 is 0.981 bits per heavy atom. The number of nitrogens with one attached hydrogen (secondary N) is 4. The molecule has 276 valence electrons. The van der Waals surface area contributed by atoms with Crippen LogP contribution in [0, 0.1) is 0 Å². The number of fused-ring (bicyclic) bond motifs is 1. The summed E-state index contributed by atoms with van der Waals surface area (Å²) < 4.78 is 20.5. The van der Waals surface area contributed by atoms with Gasteiger partial charge in [-0.25, -0.2) is 4.79 Å². The second-order valence-corrected chi connectivity index (χ2v) is 13.6. The number of benzene rings is 4. The Hall–Kier alpha value is -5.47. The summed E-state index contributed by atoms with van der Waals surface area (Å²) >= 11 is 3.37. The molecule has 1 saturated heterocycles. The first-order chi connectivity index (χ1) is 25.6. The number of phenols is 1. The minimum absolute atomic E-state index is 0.0308. The Morgan fingerprint density at radius 3 is 2.42 bits per heavy atom. The molecule has 4 aromatic carbocycles. The van der Waals surface area contributed by atoms with Gasteiger partial charge in [-0.15, -0.1) is 6.58 Å². The lowest BCUT2D eigenvalue weighted by molar-refractivity contribution is -0.156. The summed E-state index contributed by atoms with van der Waals surface area (Å²) in [5.41, 5.74) is 3.57. The SMILES string of the molecule is C=CCNCC(=O)N1[C@@H](NC(=O)NCc2ccccc2)CN(Cc2cccc3cc[nH]c23)C(=O)[C@@H]1Cc1ccc(O)cc1.O=S([O-])c1ccc(Cl)cc1. The van der Waals surface area contributed by atoms with Crippen molar-refractivity contribution < 1.29 is 28.3 Å². The van der Waals surface area contributed by atoms with Gasteiger partial charge < -0.3 is 40.4 Å². The number of hydrogen-bond donors (Lipinski definition) is 5. The molecule has 0 saturated carbocycles. The normalized spacial score (nSPS) is 16.0. The number of aromatic amines is 1. The average molecular weight is 756 g/mol. The molecule has 5 N–H and O–H groups in total. The molecule has 0 spiro atoms. The smallest absolute Gasteiger partial charge is 0.316 e. The van der Waals surface area contributed by atoms with Crippen molar-refractivity contribution in [3.63, 3.8) is 0 Å². The summed E-state index contributed by atoms with van der Waals surface area (Å²) in [5, 5.41) is 20.2. The first-order valence-electron chi connectivity index (χ1n) is 16.8. The van der Waals surface area contributed by atoms with Gasteiger partial charge in [-0.2, -0.15) is 0 Å². The standard InChI is InChI=1S/C33H36N6O4.C6H5ClO2S/c1-2-16-34-20-30(41)39-28(18-23-11-13-27(40)14-12-23)32(42)38(21-26-10-6-9-25-15-17-35-31(25)26)22-29(39)37-33(43)36-19-24-7-4-3-5-8-24;7-5-1-3-6(4-2-5)10(8)9/h2-15,17,28-29,34-35,40H,1,16,18-22H2,(H2,36,37,43);1-4H,(H,8,9)/p-1/t28-,29+;/m0./s1. The number of carbonyl (C=O) groups is 3. The predicted molar refractivity (Wildman–Crippen MR) is 203 cm³/mol. The fourth-order valence-electron chi connectivity index (χ4n) is 5.97. The molecule has 1 fully saturated rings. The third kappa shape index (κ3) is 10.8. The number of nitrogens with zero attached hydrogens (tertiary/aromatic N) is 2. The zero-order chi connectivity index (χ0) is 37.7. The number of para-hydroxylation sites is 1. The maximum Gasteiger partial charge on any atom is 0.316 e. The molecule has 3 atom stereocenters. The van der Waals surface area contributed by atoms with Gasteiger partial charge in [-0.05, 0) is 75.6 Å². The number of hydrogen-bond acceptors (Lipinski definition) is 7. The number of piperazine rings is 1. The van der Waals surface area contributed by atoms with Gasteiger partial charge >= 0.3 is 6.03 Å². The van der Waals surface area contributed by atoms with E-state index in [1.165, 1.54) is 29.2 Å².